The van der Waals surface area contributed by atoms with Crippen molar-refractivity contribution < 1.29 is 15.1 Å². The average molecular weight is 337 g/mol. The highest BCUT2D eigenvalue weighted by molar-refractivity contribution is 5.56. The fraction of sp³-hybridized carbons (Fsp3) is 0.526. The summed E-state index contributed by atoms with van der Waals surface area (Å²) in [6.45, 7) is 14.0. The number of allylic oxidation sites excluding steroid dienone is 2. The van der Waals surface area contributed by atoms with Crippen LogP contribution in [-0.2, 0) is 9.57 Å². The molecule has 0 unspecified atom stereocenters. The van der Waals surface area contributed by atoms with Crippen LogP contribution in [0.4, 0.5) is 0 Å². The van der Waals surface area contributed by atoms with Crippen LogP contribution >= 0.6 is 0 Å². The van der Waals surface area contributed by atoms with Crippen molar-refractivity contribution in [1.82, 2.24) is 9.88 Å². The molecule has 1 rings (SSSR count). The molecule has 1 aromatic rings. The first-order chi connectivity index (χ1) is 11.7. The van der Waals surface area contributed by atoms with E-state index >= 15 is 0 Å². The standard InChI is InChI=1S/C17H27N3O2.C2H6/c1-5-15(22-13-12-20(6-2)7-3)14-17(19-21-4)16-10-8-9-11-18-16;1-2/h5,8-11,14,19H,6-7,12-13H2,1-4H3;1-2H3/p+1/b15-5+,17-14-;. The molecule has 5 heteroatoms. The highest BCUT2D eigenvalue weighted by Gasteiger charge is 2.09. The number of quaternary nitrogens is 1. The lowest BCUT2D eigenvalue weighted by atomic mass is 10.2. The summed E-state index contributed by atoms with van der Waals surface area (Å²) in [7, 11) is 1.63. The number of hydrogen-bond donors (Lipinski definition) is 1. The van der Waals surface area contributed by atoms with Gasteiger partial charge >= 0.3 is 0 Å². The summed E-state index contributed by atoms with van der Waals surface area (Å²) in [5.74, 6) is 0.820. The number of aromatic nitrogens is 1. The van der Waals surface area contributed by atoms with Gasteiger partial charge in [-0.3, -0.25) is 4.98 Å². The lowest BCUT2D eigenvalue weighted by Gasteiger charge is -2.18. The number of nitrogens with zero attached hydrogens (tertiary/aromatic N) is 2. The topological polar surface area (TPSA) is 51.2 Å². The van der Waals surface area contributed by atoms with E-state index in [0.717, 1.165) is 36.8 Å². The predicted molar refractivity (Wildman–Crippen MR) is 100.0 cm³/mol. The van der Waals surface area contributed by atoms with Gasteiger partial charge in [0.25, 0.3) is 0 Å². The number of likely N-dealkylation sites (N-methyl/N-ethyl adjacent to an activating group) is 1. The Bertz CT molecular complexity index is 469. The summed E-state index contributed by atoms with van der Waals surface area (Å²) in [5, 5.41) is 0. The van der Waals surface area contributed by atoms with Gasteiger partial charge < -0.3 is 9.64 Å². The zero-order valence-corrected chi connectivity index (χ0v) is 16.1. The average Bonchev–Trinajstić information content (AvgIpc) is 2.66. The molecule has 1 aromatic heterocycles. The van der Waals surface area contributed by atoms with Gasteiger partial charge in [0.2, 0.25) is 0 Å². The van der Waals surface area contributed by atoms with Crippen LogP contribution in [0, 0.1) is 0 Å². The minimum Gasteiger partial charge on any atom is -0.492 e. The van der Waals surface area contributed by atoms with E-state index < -0.39 is 0 Å². The Morgan fingerprint density at radius 3 is 2.46 bits per heavy atom. The highest BCUT2D eigenvalue weighted by Crippen LogP contribution is 2.09. The van der Waals surface area contributed by atoms with Crippen molar-refractivity contribution in [1.29, 1.82) is 0 Å². The highest BCUT2D eigenvalue weighted by atomic mass is 16.6. The van der Waals surface area contributed by atoms with E-state index in [1.165, 1.54) is 0 Å². The minimum atomic E-state index is 0.667. The smallest absolute Gasteiger partial charge is 0.191 e. The first-order valence-electron chi connectivity index (χ1n) is 8.75. The van der Waals surface area contributed by atoms with E-state index in [1.807, 2.05) is 51.1 Å². The van der Waals surface area contributed by atoms with Crippen LogP contribution < -0.4 is 5.48 Å². The summed E-state index contributed by atoms with van der Waals surface area (Å²) in [4.78, 5) is 11.8. The summed E-state index contributed by atoms with van der Waals surface area (Å²) in [6.07, 6.45) is 5.67. The Labute approximate surface area is 147 Å². The Balaban J connectivity index is 0.00000254. The van der Waals surface area contributed by atoms with Crippen molar-refractivity contribution in [3.8, 4) is 0 Å². The van der Waals surface area contributed by atoms with E-state index in [9.17, 15) is 0 Å². The van der Waals surface area contributed by atoms with Gasteiger partial charge in [-0.05, 0) is 38.2 Å². The van der Waals surface area contributed by atoms with Crippen molar-refractivity contribution in [3.05, 3.63) is 48.0 Å². The van der Waals surface area contributed by atoms with Gasteiger partial charge in [-0.25, -0.2) is 4.84 Å². The number of hydrogen-bond acceptors (Lipinski definition) is 4. The molecule has 0 aliphatic rings. The van der Waals surface area contributed by atoms with Crippen molar-refractivity contribution >= 4 is 5.70 Å². The molecule has 2 N–H and O–H groups in total. The Kier molecular flexibility index (Phi) is 13.8. The third-order valence-corrected chi connectivity index (χ3v) is 3.36. The third kappa shape index (κ3) is 8.82. The number of nitrogens with two attached hydrogens (primary N) is 1. The van der Waals surface area contributed by atoms with E-state index in [4.69, 9.17) is 9.57 Å². The van der Waals surface area contributed by atoms with Crippen molar-refractivity contribution in [3.63, 3.8) is 0 Å². The van der Waals surface area contributed by atoms with Gasteiger partial charge in [0, 0.05) is 18.8 Å². The van der Waals surface area contributed by atoms with Gasteiger partial charge in [0.05, 0.1) is 7.11 Å². The van der Waals surface area contributed by atoms with Gasteiger partial charge in [-0.15, -0.1) is 0 Å². The fourth-order valence-corrected chi connectivity index (χ4v) is 2.02. The van der Waals surface area contributed by atoms with Crippen LogP contribution in [0.1, 0.15) is 40.3 Å². The molecule has 136 valence electrons. The van der Waals surface area contributed by atoms with Crippen LogP contribution in [0.3, 0.4) is 0 Å². The van der Waals surface area contributed by atoms with Crippen molar-refractivity contribution in [2.45, 2.75) is 34.6 Å². The molecule has 0 fully saturated rings. The minimum absolute atomic E-state index is 0.667. The lowest BCUT2D eigenvalue weighted by Crippen LogP contribution is -2.79. The molecule has 0 aliphatic heterocycles. The quantitative estimate of drug-likeness (QED) is 0.405. The summed E-state index contributed by atoms with van der Waals surface area (Å²) in [5.41, 5.74) is 3.43. The first kappa shape index (κ1) is 22.3. The van der Waals surface area contributed by atoms with E-state index in [2.05, 4.69) is 23.7 Å². The SMILES string of the molecule is C/C=C(\C=C(/[NH2+]OC)c1ccccn1)OCCN(CC)CC.CC. The molecule has 1 heterocycles. The number of rotatable bonds is 10. The van der Waals surface area contributed by atoms with E-state index in [1.54, 1.807) is 18.8 Å². The third-order valence-electron chi connectivity index (χ3n) is 3.36. The second-order valence-corrected chi connectivity index (χ2v) is 4.73. The van der Waals surface area contributed by atoms with Crippen LogP contribution in [0.2, 0.25) is 0 Å². The maximum atomic E-state index is 5.86. The van der Waals surface area contributed by atoms with Crippen LogP contribution in [0.25, 0.3) is 5.70 Å². The molecule has 0 saturated carbocycles. The lowest BCUT2D eigenvalue weighted by molar-refractivity contribution is -0.824. The normalized spacial score (nSPS) is 12.0. The predicted octanol–water partition coefficient (Wildman–Crippen LogP) is 2.84. The molecule has 0 amide bonds. The molecular formula is C19H34N3O2+. The van der Waals surface area contributed by atoms with Gasteiger partial charge in [-0.2, -0.15) is 5.48 Å². The Morgan fingerprint density at radius 1 is 1.25 bits per heavy atom. The van der Waals surface area contributed by atoms with Gasteiger partial charge in [-0.1, -0.05) is 33.8 Å². The van der Waals surface area contributed by atoms with E-state index in [0.29, 0.717) is 6.61 Å². The van der Waals surface area contributed by atoms with Gasteiger partial charge in [0.1, 0.15) is 18.1 Å². The zero-order chi connectivity index (χ0) is 18.2. The molecule has 0 saturated heterocycles. The van der Waals surface area contributed by atoms with E-state index in [-0.39, 0.29) is 0 Å². The first-order valence-corrected chi connectivity index (χ1v) is 8.75. The number of hydroxylamine groups is 1. The molecule has 0 bridgehead atoms. The molecule has 0 aliphatic carbocycles. The summed E-state index contributed by atoms with van der Waals surface area (Å²) in [6, 6.07) is 5.80. The van der Waals surface area contributed by atoms with Crippen LogP contribution in [0.5, 0.6) is 0 Å². The van der Waals surface area contributed by atoms with Crippen molar-refractivity contribution in [2.75, 3.05) is 33.4 Å². The van der Waals surface area contributed by atoms with Crippen molar-refractivity contribution in [2.24, 2.45) is 0 Å². The van der Waals surface area contributed by atoms with Crippen LogP contribution in [-0.4, -0.2) is 43.2 Å². The molecule has 0 spiro atoms. The molecule has 24 heavy (non-hydrogen) atoms. The molecule has 0 radical (unpaired) electrons. The second-order valence-electron chi connectivity index (χ2n) is 4.73. The monoisotopic (exact) mass is 336 g/mol. The molecule has 5 nitrogen and oxygen atoms in total. The Morgan fingerprint density at radius 2 is 1.96 bits per heavy atom. The van der Waals surface area contributed by atoms with Crippen LogP contribution in [0.15, 0.2) is 42.3 Å². The van der Waals surface area contributed by atoms with Gasteiger partial charge in [0.15, 0.2) is 5.70 Å². The largest absolute Gasteiger partial charge is 0.492 e. The number of ether oxygens (including phenoxy) is 1. The fourth-order valence-electron chi connectivity index (χ4n) is 2.02. The Hall–Kier alpha value is -1.69. The maximum Gasteiger partial charge on any atom is 0.191 e. The molecule has 0 atom stereocenters. The summed E-state index contributed by atoms with van der Waals surface area (Å²) < 4.78 is 5.86. The summed E-state index contributed by atoms with van der Waals surface area (Å²) >= 11 is 0. The molecule has 0 aromatic carbocycles. The maximum absolute atomic E-state index is 5.86. The second kappa shape index (κ2) is 14.9. The number of pyridine rings is 1. The molecular weight excluding hydrogens is 302 g/mol. The zero-order valence-electron chi connectivity index (χ0n) is 16.1.